The van der Waals surface area contributed by atoms with Crippen molar-refractivity contribution in [1.29, 1.82) is 0 Å². The van der Waals surface area contributed by atoms with Gasteiger partial charge in [0.2, 0.25) is 0 Å². The third kappa shape index (κ3) is 3.11. The zero-order valence-electron chi connectivity index (χ0n) is 12.6. The lowest BCUT2D eigenvalue weighted by molar-refractivity contribution is -0.126. The van der Waals surface area contributed by atoms with Crippen LogP contribution in [0.2, 0.25) is 0 Å². The number of rotatable bonds is 4. The fourth-order valence-electron chi connectivity index (χ4n) is 2.29. The van der Waals surface area contributed by atoms with Crippen molar-refractivity contribution in [3.05, 3.63) is 17.5 Å². The summed E-state index contributed by atoms with van der Waals surface area (Å²) in [4.78, 5) is 38.3. The van der Waals surface area contributed by atoms with Crippen LogP contribution in [0.3, 0.4) is 0 Å². The summed E-state index contributed by atoms with van der Waals surface area (Å²) < 4.78 is 14.7. The smallest absolute Gasteiger partial charge is 0.356 e. The van der Waals surface area contributed by atoms with Crippen LogP contribution in [0.15, 0.2) is 6.20 Å². The van der Waals surface area contributed by atoms with Crippen molar-refractivity contribution >= 4 is 23.5 Å². The third-order valence-electron chi connectivity index (χ3n) is 3.45. The number of aromatic amines is 1. The minimum atomic E-state index is -0.703. The normalized spacial score (nSPS) is 20.5. The molecule has 1 aromatic rings. The van der Waals surface area contributed by atoms with E-state index in [0.717, 1.165) is 6.42 Å². The molecule has 2 rings (SSSR count). The van der Waals surface area contributed by atoms with Gasteiger partial charge in [-0.1, -0.05) is 0 Å². The zero-order valence-corrected chi connectivity index (χ0v) is 12.6. The number of methoxy groups -OCH3 is 2. The summed E-state index contributed by atoms with van der Waals surface area (Å²) in [6, 6.07) is 0. The van der Waals surface area contributed by atoms with Gasteiger partial charge in [0.15, 0.2) is 0 Å². The van der Waals surface area contributed by atoms with Gasteiger partial charge in [-0.25, -0.2) is 9.59 Å². The van der Waals surface area contributed by atoms with Gasteiger partial charge in [-0.3, -0.25) is 4.79 Å². The highest BCUT2D eigenvalue weighted by atomic mass is 16.5. The van der Waals surface area contributed by atoms with Gasteiger partial charge < -0.3 is 24.5 Å². The van der Waals surface area contributed by atoms with Gasteiger partial charge in [-0.05, 0) is 19.8 Å². The molecule has 1 aromatic heterocycles. The van der Waals surface area contributed by atoms with E-state index in [-0.39, 0.29) is 23.0 Å². The molecule has 1 aliphatic rings. The summed E-state index contributed by atoms with van der Waals surface area (Å²) in [5, 5.41) is 2.56. The maximum Gasteiger partial charge on any atom is 0.356 e. The predicted molar refractivity (Wildman–Crippen MR) is 75.7 cm³/mol. The van der Waals surface area contributed by atoms with Crippen molar-refractivity contribution in [1.82, 2.24) is 4.98 Å². The van der Waals surface area contributed by atoms with Crippen LogP contribution in [-0.4, -0.2) is 49.3 Å². The maximum absolute atomic E-state index is 12.2. The molecule has 2 N–H and O–H groups in total. The molecule has 0 aromatic carbocycles. The molecular formula is C14H18N2O6. The largest absolute Gasteiger partial charge is 0.465 e. The molecule has 1 fully saturated rings. The Morgan fingerprint density at radius 2 is 1.91 bits per heavy atom. The summed E-state index contributed by atoms with van der Waals surface area (Å²) in [6.07, 6.45) is 2.03. The molecule has 120 valence electrons. The summed E-state index contributed by atoms with van der Waals surface area (Å²) in [5.41, 5.74) is 0.0523. The topological polar surface area (TPSA) is 107 Å². The van der Waals surface area contributed by atoms with E-state index < -0.39 is 23.9 Å². The second-order valence-electron chi connectivity index (χ2n) is 4.94. The van der Waals surface area contributed by atoms with E-state index in [1.807, 2.05) is 6.92 Å². The molecule has 22 heavy (non-hydrogen) atoms. The van der Waals surface area contributed by atoms with Gasteiger partial charge in [-0.15, -0.1) is 0 Å². The molecule has 0 unspecified atom stereocenters. The molecule has 2 heterocycles. The minimum absolute atomic E-state index is 0.00197. The number of aromatic nitrogens is 1. The number of anilines is 1. The van der Waals surface area contributed by atoms with Gasteiger partial charge in [0.25, 0.3) is 5.91 Å². The second kappa shape index (κ2) is 6.61. The average molecular weight is 310 g/mol. The first-order chi connectivity index (χ1) is 10.5. The van der Waals surface area contributed by atoms with Gasteiger partial charge in [0.1, 0.15) is 17.4 Å². The first-order valence-electron chi connectivity index (χ1n) is 6.82. The number of hydrogen-bond acceptors (Lipinski definition) is 6. The van der Waals surface area contributed by atoms with Crippen LogP contribution < -0.4 is 5.32 Å². The molecule has 0 radical (unpaired) electrons. The molecule has 8 nitrogen and oxygen atoms in total. The second-order valence-corrected chi connectivity index (χ2v) is 4.94. The first-order valence-corrected chi connectivity index (χ1v) is 6.82. The number of hydrogen-bond donors (Lipinski definition) is 2. The highest BCUT2D eigenvalue weighted by molar-refractivity contribution is 6.09. The number of carbonyl (C=O) groups excluding carboxylic acids is 3. The lowest BCUT2D eigenvalue weighted by Gasteiger charge is -2.13. The summed E-state index contributed by atoms with van der Waals surface area (Å²) >= 11 is 0. The lowest BCUT2D eigenvalue weighted by Crippen LogP contribution is -2.29. The number of nitrogens with one attached hydrogen (secondary N) is 2. The average Bonchev–Trinajstić information content (AvgIpc) is 3.12. The first kappa shape index (κ1) is 16.0. The summed E-state index contributed by atoms with van der Waals surface area (Å²) in [6.45, 7) is 1.88. The highest BCUT2D eigenvalue weighted by Gasteiger charge is 2.31. The Morgan fingerprint density at radius 1 is 1.23 bits per heavy atom. The fourth-order valence-corrected chi connectivity index (χ4v) is 2.29. The Kier molecular flexibility index (Phi) is 4.81. The van der Waals surface area contributed by atoms with E-state index >= 15 is 0 Å². The van der Waals surface area contributed by atoms with E-state index in [2.05, 4.69) is 19.8 Å². The van der Waals surface area contributed by atoms with E-state index in [1.165, 1.54) is 20.4 Å². The molecule has 0 aliphatic carbocycles. The molecule has 0 spiro atoms. The molecule has 1 saturated heterocycles. The Morgan fingerprint density at radius 3 is 2.45 bits per heavy atom. The number of H-pyrrole nitrogens is 1. The fraction of sp³-hybridized carbons (Fsp3) is 0.500. The van der Waals surface area contributed by atoms with Crippen molar-refractivity contribution in [2.75, 3.05) is 19.5 Å². The Balaban J connectivity index is 2.27. The van der Waals surface area contributed by atoms with Crippen molar-refractivity contribution < 1.29 is 28.6 Å². The van der Waals surface area contributed by atoms with Crippen LogP contribution >= 0.6 is 0 Å². The Bertz CT molecular complexity index is 561. The van der Waals surface area contributed by atoms with Crippen molar-refractivity contribution in [3.8, 4) is 0 Å². The lowest BCUT2D eigenvalue weighted by atomic mass is 10.2. The minimum Gasteiger partial charge on any atom is -0.465 e. The SMILES string of the molecule is COC(=O)c1c[nH]c(C(=O)OC)c1NC(=O)[C@H]1CC[C@@H](C)O1. The van der Waals surface area contributed by atoms with Crippen LogP contribution in [0.25, 0.3) is 0 Å². The zero-order chi connectivity index (χ0) is 16.3. The van der Waals surface area contributed by atoms with Crippen LogP contribution in [0.5, 0.6) is 0 Å². The number of esters is 2. The predicted octanol–water partition coefficient (Wildman–Crippen LogP) is 1.09. The molecular weight excluding hydrogens is 292 g/mol. The molecule has 2 atom stereocenters. The maximum atomic E-state index is 12.2. The third-order valence-corrected chi connectivity index (χ3v) is 3.45. The molecule has 0 bridgehead atoms. The molecule has 1 aliphatic heterocycles. The van der Waals surface area contributed by atoms with Crippen LogP contribution in [-0.2, 0) is 19.0 Å². The van der Waals surface area contributed by atoms with E-state index in [0.29, 0.717) is 6.42 Å². The van der Waals surface area contributed by atoms with Crippen LogP contribution in [0, 0.1) is 0 Å². The van der Waals surface area contributed by atoms with Crippen molar-refractivity contribution in [3.63, 3.8) is 0 Å². The molecule has 1 amide bonds. The quantitative estimate of drug-likeness (QED) is 0.806. The highest BCUT2D eigenvalue weighted by Crippen LogP contribution is 2.25. The Labute approximate surface area is 127 Å². The monoisotopic (exact) mass is 310 g/mol. The summed E-state index contributed by atoms with van der Waals surface area (Å²) in [7, 11) is 2.41. The number of carbonyl (C=O) groups is 3. The Hall–Kier alpha value is -2.35. The van der Waals surface area contributed by atoms with E-state index in [9.17, 15) is 14.4 Å². The van der Waals surface area contributed by atoms with Crippen molar-refractivity contribution in [2.24, 2.45) is 0 Å². The van der Waals surface area contributed by atoms with Gasteiger partial charge in [0, 0.05) is 6.20 Å². The van der Waals surface area contributed by atoms with Crippen molar-refractivity contribution in [2.45, 2.75) is 32.0 Å². The van der Waals surface area contributed by atoms with Gasteiger partial charge in [-0.2, -0.15) is 0 Å². The van der Waals surface area contributed by atoms with E-state index in [4.69, 9.17) is 4.74 Å². The van der Waals surface area contributed by atoms with Crippen LogP contribution in [0.1, 0.15) is 40.6 Å². The van der Waals surface area contributed by atoms with Crippen LogP contribution in [0.4, 0.5) is 5.69 Å². The van der Waals surface area contributed by atoms with Gasteiger partial charge >= 0.3 is 11.9 Å². The number of amides is 1. The molecule has 8 heteroatoms. The summed E-state index contributed by atoms with van der Waals surface area (Å²) in [5.74, 6) is -1.80. The molecule has 0 saturated carbocycles. The standard InChI is InChI=1S/C14H18N2O6/c1-7-4-5-9(22-7)12(17)16-10-8(13(18)20-2)6-15-11(10)14(19)21-3/h6-7,9,15H,4-5H2,1-3H3,(H,16,17)/t7-,9-/m1/s1. The number of ether oxygens (including phenoxy) is 3. The van der Waals surface area contributed by atoms with Gasteiger partial charge in [0.05, 0.1) is 26.0 Å². The van der Waals surface area contributed by atoms with E-state index in [1.54, 1.807) is 0 Å².